The maximum Gasteiger partial charge on any atom is 0.165 e. The summed E-state index contributed by atoms with van der Waals surface area (Å²) in [6, 6.07) is 39.7. The monoisotopic (exact) mass is 536 g/mol. The van der Waals surface area contributed by atoms with Crippen molar-refractivity contribution in [3.63, 3.8) is 0 Å². The van der Waals surface area contributed by atoms with Crippen LogP contribution >= 0.6 is 0 Å². The third-order valence-electron chi connectivity index (χ3n) is 7.09. The van der Waals surface area contributed by atoms with Gasteiger partial charge in [0.05, 0.1) is 38.6 Å². The molecule has 0 spiro atoms. The molecule has 5 nitrogen and oxygen atoms in total. The summed E-state index contributed by atoms with van der Waals surface area (Å²) < 4.78 is 25.7. The van der Waals surface area contributed by atoms with Crippen molar-refractivity contribution in [3.8, 4) is 0 Å². The van der Waals surface area contributed by atoms with Gasteiger partial charge in [-0.05, 0) is 16.7 Å². The fourth-order valence-electron chi connectivity index (χ4n) is 5.02. The van der Waals surface area contributed by atoms with E-state index in [2.05, 4.69) is 12.1 Å². The maximum atomic E-state index is 13.1. The van der Waals surface area contributed by atoms with Crippen LogP contribution < -0.4 is 0 Å². The van der Waals surface area contributed by atoms with Crippen molar-refractivity contribution in [1.82, 2.24) is 0 Å². The van der Waals surface area contributed by atoms with Crippen LogP contribution in [0.1, 0.15) is 39.9 Å². The Labute approximate surface area is 236 Å². The van der Waals surface area contributed by atoms with E-state index in [0.29, 0.717) is 38.4 Å². The highest BCUT2D eigenvalue weighted by Crippen LogP contribution is 2.30. The molecular formula is C35H36O5. The molecule has 1 unspecified atom stereocenters. The Morgan fingerprint density at radius 2 is 1.15 bits per heavy atom. The van der Waals surface area contributed by atoms with E-state index >= 15 is 0 Å². The Bertz CT molecular complexity index is 1280. The van der Waals surface area contributed by atoms with Gasteiger partial charge in [0.25, 0.3) is 0 Å². The molecule has 5 rings (SSSR count). The van der Waals surface area contributed by atoms with Gasteiger partial charge in [-0.1, -0.05) is 121 Å². The molecule has 0 aromatic heterocycles. The van der Waals surface area contributed by atoms with Gasteiger partial charge in [-0.2, -0.15) is 0 Å². The molecule has 4 aromatic rings. The maximum absolute atomic E-state index is 13.1. The van der Waals surface area contributed by atoms with Crippen molar-refractivity contribution in [2.75, 3.05) is 6.61 Å². The lowest BCUT2D eigenvalue weighted by Gasteiger charge is -2.41. The van der Waals surface area contributed by atoms with Crippen LogP contribution in [-0.2, 0) is 38.8 Å². The molecule has 0 aliphatic carbocycles. The average Bonchev–Trinajstić information content (AvgIpc) is 3.01. The summed E-state index contributed by atoms with van der Waals surface area (Å²) in [6.45, 7) is 1.68. The lowest BCUT2D eigenvalue weighted by Crippen LogP contribution is -2.52. The molecule has 0 saturated carbocycles. The van der Waals surface area contributed by atoms with Gasteiger partial charge < -0.3 is 18.9 Å². The van der Waals surface area contributed by atoms with Crippen LogP contribution in [-0.4, -0.2) is 36.8 Å². The fourth-order valence-corrected chi connectivity index (χ4v) is 5.02. The molecule has 206 valence electrons. The lowest BCUT2D eigenvalue weighted by atomic mass is 9.93. The summed E-state index contributed by atoms with van der Waals surface area (Å²) in [7, 11) is 0. The third-order valence-corrected chi connectivity index (χ3v) is 7.09. The number of hydrogen-bond donors (Lipinski definition) is 0. The Morgan fingerprint density at radius 1 is 0.650 bits per heavy atom. The van der Waals surface area contributed by atoms with E-state index in [-0.39, 0.29) is 30.5 Å². The van der Waals surface area contributed by atoms with E-state index in [4.69, 9.17) is 18.9 Å². The van der Waals surface area contributed by atoms with Crippen molar-refractivity contribution < 1.29 is 23.7 Å². The molecule has 1 heterocycles. The van der Waals surface area contributed by atoms with Gasteiger partial charge in [0.1, 0.15) is 12.2 Å². The third kappa shape index (κ3) is 8.20. The van der Waals surface area contributed by atoms with Crippen LogP contribution in [0.15, 0.2) is 121 Å². The molecule has 40 heavy (non-hydrogen) atoms. The zero-order valence-electron chi connectivity index (χ0n) is 22.6. The summed E-state index contributed by atoms with van der Waals surface area (Å²) >= 11 is 0. The second-order valence-electron chi connectivity index (χ2n) is 10.1. The number of carbonyl (C=O) groups excluding carboxylic acids is 1. The first-order chi connectivity index (χ1) is 19.7. The van der Waals surface area contributed by atoms with Gasteiger partial charge in [-0.25, -0.2) is 0 Å². The first-order valence-corrected chi connectivity index (χ1v) is 13.9. The number of carbonyl (C=O) groups is 1. The predicted octanol–water partition coefficient (Wildman–Crippen LogP) is 6.80. The van der Waals surface area contributed by atoms with Crippen molar-refractivity contribution >= 4 is 5.78 Å². The number of ketones is 1. The molecule has 5 heteroatoms. The van der Waals surface area contributed by atoms with Crippen molar-refractivity contribution in [1.29, 1.82) is 0 Å². The van der Waals surface area contributed by atoms with E-state index in [0.717, 1.165) is 16.7 Å². The molecule has 0 bridgehead atoms. The highest BCUT2D eigenvalue weighted by atomic mass is 16.6. The van der Waals surface area contributed by atoms with Crippen LogP contribution in [0, 0.1) is 0 Å². The summed E-state index contributed by atoms with van der Waals surface area (Å²) in [4.78, 5) is 13.1. The molecule has 0 amide bonds. The quantitative estimate of drug-likeness (QED) is 0.176. The molecule has 4 atom stereocenters. The summed E-state index contributed by atoms with van der Waals surface area (Å²) in [5.41, 5.74) is 3.94. The number of benzene rings is 4. The van der Waals surface area contributed by atoms with E-state index in [9.17, 15) is 4.79 Å². The largest absolute Gasteiger partial charge is 0.374 e. The molecule has 0 radical (unpaired) electrons. The van der Waals surface area contributed by atoms with Crippen LogP contribution in [0.2, 0.25) is 0 Å². The minimum Gasteiger partial charge on any atom is -0.374 e. The molecule has 1 fully saturated rings. The van der Waals surface area contributed by atoms with Gasteiger partial charge >= 0.3 is 0 Å². The summed E-state index contributed by atoms with van der Waals surface area (Å²) in [5.74, 6) is 0.0556. The van der Waals surface area contributed by atoms with Crippen molar-refractivity contribution in [2.45, 2.75) is 57.1 Å². The smallest absolute Gasteiger partial charge is 0.165 e. The van der Waals surface area contributed by atoms with E-state index < -0.39 is 6.10 Å². The number of hydrogen-bond acceptors (Lipinski definition) is 5. The first-order valence-electron chi connectivity index (χ1n) is 13.9. The zero-order chi connectivity index (χ0) is 27.4. The van der Waals surface area contributed by atoms with Gasteiger partial charge in [0, 0.05) is 18.4 Å². The Kier molecular flexibility index (Phi) is 10.3. The fraction of sp³-hybridized carbons (Fsp3) is 0.286. The standard InChI is InChI=1S/C35H36O5/c36-32(30-19-11-4-12-20-30)21-31-22-33(38-24-28-15-7-2-8-16-28)35(39-25-29-17-9-3-10-18-29)34(40-31)26-37-23-27-13-5-1-6-14-27/h1-20,31,33-35H,21-26H2/t31?,33-,34-,35+/m1/s1. The van der Waals surface area contributed by atoms with Crippen molar-refractivity contribution in [3.05, 3.63) is 144 Å². The summed E-state index contributed by atoms with van der Waals surface area (Å²) in [6.07, 6.45) is -0.499. The van der Waals surface area contributed by atoms with Crippen LogP contribution in [0.5, 0.6) is 0 Å². The second kappa shape index (κ2) is 14.7. The number of Topliss-reactive ketones (excluding diaryl/α,β-unsaturated/α-hetero) is 1. The van der Waals surface area contributed by atoms with Gasteiger partial charge in [0.2, 0.25) is 0 Å². The van der Waals surface area contributed by atoms with E-state index in [1.54, 1.807) is 0 Å². The topological polar surface area (TPSA) is 54.0 Å². The average molecular weight is 537 g/mol. The molecule has 1 aliphatic heterocycles. The minimum absolute atomic E-state index is 0.0556. The zero-order valence-corrected chi connectivity index (χ0v) is 22.6. The SMILES string of the molecule is O=C(CC1C[C@@H](OCc2ccccc2)[C@H](OCc2ccccc2)[C@@H](COCc2ccccc2)O1)c1ccccc1. The number of ether oxygens (including phenoxy) is 4. The second-order valence-corrected chi connectivity index (χ2v) is 10.1. The van der Waals surface area contributed by atoms with Crippen LogP contribution in [0.4, 0.5) is 0 Å². The van der Waals surface area contributed by atoms with Crippen LogP contribution in [0.3, 0.4) is 0 Å². The van der Waals surface area contributed by atoms with Gasteiger partial charge in [-0.3, -0.25) is 4.79 Å². The Hall–Kier alpha value is -3.61. The van der Waals surface area contributed by atoms with Gasteiger partial charge in [0.15, 0.2) is 5.78 Å². The molecule has 4 aromatic carbocycles. The molecular weight excluding hydrogens is 500 g/mol. The number of rotatable bonds is 13. The molecule has 0 N–H and O–H groups in total. The van der Waals surface area contributed by atoms with Crippen LogP contribution in [0.25, 0.3) is 0 Å². The Morgan fingerprint density at radius 3 is 1.73 bits per heavy atom. The van der Waals surface area contributed by atoms with Gasteiger partial charge in [-0.15, -0.1) is 0 Å². The lowest BCUT2D eigenvalue weighted by molar-refractivity contribution is -0.219. The normalized spacial score (nSPS) is 20.7. The summed E-state index contributed by atoms with van der Waals surface area (Å²) in [5, 5.41) is 0. The molecule has 1 aliphatic rings. The minimum atomic E-state index is -0.393. The molecule has 1 saturated heterocycles. The highest BCUT2D eigenvalue weighted by molar-refractivity contribution is 5.96. The van der Waals surface area contributed by atoms with Crippen molar-refractivity contribution in [2.24, 2.45) is 0 Å². The predicted molar refractivity (Wildman–Crippen MR) is 155 cm³/mol. The van der Waals surface area contributed by atoms with E-state index in [1.807, 2.05) is 109 Å². The highest BCUT2D eigenvalue weighted by Gasteiger charge is 2.41. The van der Waals surface area contributed by atoms with E-state index in [1.165, 1.54) is 0 Å². The first kappa shape index (κ1) is 27.9. The Balaban J connectivity index is 1.33.